The van der Waals surface area contributed by atoms with E-state index in [4.69, 9.17) is 4.74 Å². The summed E-state index contributed by atoms with van der Waals surface area (Å²) in [6, 6.07) is 15.8. The second-order valence-corrected chi connectivity index (χ2v) is 7.03. The number of rotatable bonds is 6. The Morgan fingerprint density at radius 2 is 2.00 bits per heavy atom. The number of aromatic nitrogens is 2. The molecule has 2 N–H and O–H groups in total. The Kier molecular flexibility index (Phi) is 4.89. The summed E-state index contributed by atoms with van der Waals surface area (Å²) < 4.78 is 5.17. The average molecular weight is 377 g/mol. The van der Waals surface area contributed by atoms with E-state index in [1.54, 1.807) is 7.11 Å². The molecule has 2 aromatic heterocycles. The predicted molar refractivity (Wildman–Crippen MR) is 109 cm³/mol. The number of para-hydroxylation sites is 1. The molecule has 2 aromatic carbocycles. The van der Waals surface area contributed by atoms with Crippen LogP contribution in [0.25, 0.3) is 22.2 Å². The zero-order valence-electron chi connectivity index (χ0n) is 14.9. The maximum atomic E-state index is 12.3. The number of H-pyrrole nitrogens is 1. The van der Waals surface area contributed by atoms with Crippen molar-refractivity contribution in [1.29, 1.82) is 0 Å². The van der Waals surface area contributed by atoms with Crippen molar-refractivity contribution < 1.29 is 9.53 Å². The molecule has 0 aliphatic carbocycles. The lowest BCUT2D eigenvalue weighted by molar-refractivity contribution is -0.116. The maximum Gasteiger partial charge on any atom is 0.226 e. The molecule has 0 bridgehead atoms. The van der Waals surface area contributed by atoms with Crippen LogP contribution in [0.4, 0.5) is 5.13 Å². The molecular weight excluding hydrogens is 358 g/mol. The minimum absolute atomic E-state index is 0.0316. The van der Waals surface area contributed by atoms with Gasteiger partial charge in [-0.05, 0) is 42.3 Å². The second-order valence-electron chi connectivity index (χ2n) is 6.17. The Labute approximate surface area is 161 Å². The fourth-order valence-electron chi connectivity index (χ4n) is 2.99. The summed E-state index contributed by atoms with van der Waals surface area (Å²) in [5.74, 6) is 0.774. The molecule has 1 amide bonds. The SMILES string of the molecule is COc1ccc(-c2csc(NC(=O)CCc3c[nH]c4ccccc34)n2)cc1. The van der Waals surface area contributed by atoms with E-state index in [2.05, 4.69) is 21.4 Å². The van der Waals surface area contributed by atoms with E-state index >= 15 is 0 Å². The van der Waals surface area contributed by atoms with Crippen molar-refractivity contribution in [1.82, 2.24) is 9.97 Å². The van der Waals surface area contributed by atoms with Crippen LogP contribution in [0.1, 0.15) is 12.0 Å². The Hall–Kier alpha value is -3.12. The number of hydrogen-bond acceptors (Lipinski definition) is 4. The molecule has 0 fully saturated rings. The quantitative estimate of drug-likeness (QED) is 0.504. The van der Waals surface area contributed by atoms with Gasteiger partial charge in [0.2, 0.25) is 5.91 Å². The molecule has 0 unspecified atom stereocenters. The third-order valence-corrected chi connectivity index (χ3v) is 5.19. The molecule has 4 aromatic rings. The van der Waals surface area contributed by atoms with Crippen molar-refractivity contribution in [3.8, 4) is 17.0 Å². The number of carbonyl (C=O) groups is 1. The monoisotopic (exact) mass is 377 g/mol. The lowest BCUT2D eigenvalue weighted by Crippen LogP contribution is -2.12. The van der Waals surface area contributed by atoms with E-state index in [0.717, 1.165) is 28.1 Å². The van der Waals surface area contributed by atoms with Crippen LogP contribution in [0, 0.1) is 0 Å². The first-order chi connectivity index (χ1) is 13.2. The first-order valence-corrected chi connectivity index (χ1v) is 9.56. The molecule has 0 atom stereocenters. The van der Waals surface area contributed by atoms with Crippen molar-refractivity contribution in [3.63, 3.8) is 0 Å². The summed E-state index contributed by atoms with van der Waals surface area (Å²) in [6.07, 6.45) is 3.08. The van der Waals surface area contributed by atoms with Gasteiger partial charge in [0.1, 0.15) is 5.75 Å². The van der Waals surface area contributed by atoms with E-state index in [1.165, 1.54) is 16.7 Å². The molecule has 0 aliphatic heterocycles. The summed E-state index contributed by atoms with van der Waals surface area (Å²) >= 11 is 1.43. The summed E-state index contributed by atoms with van der Waals surface area (Å²) in [6.45, 7) is 0. The highest BCUT2D eigenvalue weighted by Gasteiger charge is 2.10. The van der Waals surface area contributed by atoms with Crippen molar-refractivity contribution in [3.05, 3.63) is 65.7 Å². The summed E-state index contributed by atoms with van der Waals surface area (Å²) in [4.78, 5) is 20.1. The number of methoxy groups -OCH3 is 1. The maximum absolute atomic E-state index is 12.3. The summed E-state index contributed by atoms with van der Waals surface area (Å²) in [5, 5.41) is 6.62. The number of ether oxygens (including phenoxy) is 1. The highest BCUT2D eigenvalue weighted by molar-refractivity contribution is 7.14. The molecule has 4 rings (SSSR count). The zero-order valence-corrected chi connectivity index (χ0v) is 15.7. The molecule has 5 nitrogen and oxygen atoms in total. The lowest BCUT2D eigenvalue weighted by atomic mass is 10.1. The molecule has 0 spiro atoms. The molecule has 0 radical (unpaired) electrons. The highest BCUT2D eigenvalue weighted by Crippen LogP contribution is 2.26. The van der Waals surface area contributed by atoms with Gasteiger partial charge < -0.3 is 15.0 Å². The number of hydrogen-bond donors (Lipinski definition) is 2. The fourth-order valence-corrected chi connectivity index (χ4v) is 3.73. The van der Waals surface area contributed by atoms with E-state index < -0.39 is 0 Å². The van der Waals surface area contributed by atoms with Crippen LogP contribution in [0.3, 0.4) is 0 Å². The molecule has 6 heteroatoms. The van der Waals surface area contributed by atoms with Crippen LogP contribution in [-0.4, -0.2) is 23.0 Å². The van der Waals surface area contributed by atoms with Gasteiger partial charge in [0.15, 0.2) is 5.13 Å². The number of fused-ring (bicyclic) bond motifs is 1. The number of benzene rings is 2. The van der Waals surface area contributed by atoms with E-state index in [1.807, 2.05) is 54.0 Å². The van der Waals surface area contributed by atoms with Crippen LogP contribution in [0.2, 0.25) is 0 Å². The average Bonchev–Trinajstić information content (AvgIpc) is 3.33. The zero-order chi connectivity index (χ0) is 18.6. The van der Waals surface area contributed by atoms with Crippen molar-refractivity contribution >= 4 is 33.3 Å². The molecule has 0 saturated carbocycles. The normalized spacial score (nSPS) is 10.9. The van der Waals surface area contributed by atoms with Gasteiger partial charge in [-0.3, -0.25) is 4.79 Å². The van der Waals surface area contributed by atoms with Gasteiger partial charge in [-0.15, -0.1) is 11.3 Å². The van der Waals surface area contributed by atoms with Gasteiger partial charge in [-0.2, -0.15) is 0 Å². The number of nitrogens with one attached hydrogen (secondary N) is 2. The van der Waals surface area contributed by atoms with E-state index in [9.17, 15) is 4.79 Å². The number of amides is 1. The fraction of sp³-hybridized carbons (Fsp3) is 0.143. The van der Waals surface area contributed by atoms with Crippen LogP contribution >= 0.6 is 11.3 Å². The number of nitrogens with zero attached hydrogens (tertiary/aromatic N) is 1. The first-order valence-electron chi connectivity index (χ1n) is 8.68. The van der Waals surface area contributed by atoms with Crippen molar-refractivity contribution in [2.45, 2.75) is 12.8 Å². The Morgan fingerprint density at radius 3 is 2.81 bits per heavy atom. The van der Waals surface area contributed by atoms with Gasteiger partial charge in [-0.25, -0.2) is 4.98 Å². The van der Waals surface area contributed by atoms with Crippen LogP contribution < -0.4 is 10.1 Å². The lowest BCUT2D eigenvalue weighted by Gasteiger charge is -2.02. The van der Waals surface area contributed by atoms with Gasteiger partial charge in [0.25, 0.3) is 0 Å². The Bertz CT molecular complexity index is 1070. The van der Waals surface area contributed by atoms with E-state index in [-0.39, 0.29) is 5.91 Å². The van der Waals surface area contributed by atoms with Gasteiger partial charge in [0, 0.05) is 34.5 Å². The van der Waals surface area contributed by atoms with Gasteiger partial charge in [-0.1, -0.05) is 18.2 Å². The molecular formula is C21H19N3O2S. The molecule has 2 heterocycles. The number of aromatic amines is 1. The topological polar surface area (TPSA) is 67.0 Å². The Morgan fingerprint density at radius 1 is 1.19 bits per heavy atom. The molecule has 27 heavy (non-hydrogen) atoms. The minimum Gasteiger partial charge on any atom is -0.497 e. The number of anilines is 1. The molecule has 136 valence electrons. The second kappa shape index (κ2) is 7.63. The van der Waals surface area contributed by atoms with Gasteiger partial charge in [0.05, 0.1) is 12.8 Å². The third kappa shape index (κ3) is 3.85. The first kappa shape index (κ1) is 17.3. The number of aryl methyl sites for hydroxylation is 1. The van der Waals surface area contributed by atoms with Crippen LogP contribution in [-0.2, 0) is 11.2 Å². The number of thiazole rings is 1. The van der Waals surface area contributed by atoms with Gasteiger partial charge >= 0.3 is 0 Å². The molecule has 0 aliphatic rings. The Balaban J connectivity index is 1.37. The predicted octanol–water partition coefficient (Wildman–Crippen LogP) is 4.87. The van der Waals surface area contributed by atoms with Crippen LogP contribution in [0.5, 0.6) is 5.75 Å². The number of carbonyl (C=O) groups excluding carboxylic acids is 1. The molecule has 0 saturated heterocycles. The summed E-state index contributed by atoms with van der Waals surface area (Å²) in [5.41, 5.74) is 4.08. The highest BCUT2D eigenvalue weighted by atomic mass is 32.1. The summed E-state index contributed by atoms with van der Waals surface area (Å²) in [7, 11) is 1.64. The standard InChI is InChI=1S/C21H19N3O2S/c1-26-16-9-6-14(7-10-16)19-13-27-21(23-19)24-20(25)11-8-15-12-22-18-5-3-2-4-17(15)18/h2-7,9-10,12-13,22H,8,11H2,1H3,(H,23,24,25). The van der Waals surface area contributed by atoms with Crippen LogP contribution in [0.15, 0.2) is 60.1 Å². The largest absolute Gasteiger partial charge is 0.497 e. The van der Waals surface area contributed by atoms with E-state index in [0.29, 0.717) is 18.0 Å². The smallest absolute Gasteiger partial charge is 0.226 e. The minimum atomic E-state index is -0.0316. The third-order valence-electron chi connectivity index (χ3n) is 4.43. The van der Waals surface area contributed by atoms with Crippen molar-refractivity contribution in [2.24, 2.45) is 0 Å². The van der Waals surface area contributed by atoms with Crippen molar-refractivity contribution in [2.75, 3.05) is 12.4 Å².